The fourth-order valence-corrected chi connectivity index (χ4v) is 6.43. The maximum absolute atomic E-state index is 13.3. The van der Waals surface area contributed by atoms with Crippen LogP contribution in [-0.2, 0) is 35.8 Å². The van der Waals surface area contributed by atoms with E-state index >= 15 is 0 Å². The first kappa shape index (κ1) is 29.2. The summed E-state index contributed by atoms with van der Waals surface area (Å²) >= 11 is 5.97. The van der Waals surface area contributed by atoms with Crippen LogP contribution in [0.3, 0.4) is 0 Å². The molecule has 1 unspecified atom stereocenters. The number of aliphatic imine (C=N–C) groups is 1. The molecule has 0 bridgehead atoms. The number of hydrogen-bond acceptors (Lipinski definition) is 8. The van der Waals surface area contributed by atoms with E-state index in [0.29, 0.717) is 23.7 Å². The Morgan fingerprint density at radius 3 is 2.66 bits per heavy atom. The van der Waals surface area contributed by atoms with Gasteiger partial charge in [0.15, 0.2) is 0 Å². The number of nitrogens with zero attached hydrogens (tertiary/aromatic N) is 4. The number of carboxylic acids is 1. The van der Waals surface area contributed by atoms with Gasteiger partial charge in [0.1, 0.15) is 11.6 Å². The van der Waals surface area contributed by atoms with E-state index in [-0.39, 0.29) is 12.2 Å². The number of halogens is 3. The van der Waals surface area contributed by atoms with Crippen LogP contribution < -0.4 is 10.0 Å². The van der Waals surface area contributed by atoms with E-state index in [2.05, 4.69) is 17.8 Å². The van der Waals surface area contributed by atoms with Crippen LogP contribution in [0.1, 0.15) is 53.3 Å². The number of thioether (sulfide) groups is 1. The number of rotatable bonds is 7. The summed E-state index contributed by atoms with van der Waals surface area (Å²) in [5.74, 6) is 0.0392. The third-order valence-corrected chi connectivity index (χ3v) is 8.83. The summed E-state index contributed by atoms with van der Waals surface area (Å²) in [5.41, 5.74) is 10.6. The molecule has 0 fully saturated rings. The molecular formula is C29H28F3N5O2S2. The number of aliphatic carboxylic acids is 1. The summed E-state index contributed by atoms with van der Waals surface area (Å²) in [6, 6.07) is 11.2. The van der Waals surface area contributed by atoms with E-state index in [9.17, 15) is 18.0 Å². The number of alkyl halides is 3. The minimum Gasteiger partial charge on any atom is -0.481 e. The van der Waals surface area contributed by atoms with Gasteiger partial charge in [-0.15, -0.1) is 11.8 Å². The number of pyridine rings is 2. The third kappa shape index (κ3) is 6.14. The van der Waals surface area contributed by atoms with E-state index in [1.54, 1.807) is 12.3 Å². The van der Waals surface area contributed by atoms with E-state index < -0.39 is 23.2 Å². The van der Waals surface area contributed by atoms with Crippen LogP contribution in [0.25, 0.3) is 5.57 Å². The summed E-state index contributed by atoms with van der Waals surface area (Å²) in [5, 5.41) is 9.95. The van der Waals surface area contributed by atoms with E-state index in [4.69, 9.17) is 20.8 Å². The number of aromatic nitrogens is 2. The predicted octanol–water partition coefficient (Wildman–Crippen LogP) is 6.34. The molecule has 0 radical (unpaired) electrons. The Hall–Kier alpha value is -3.35. The zero-order chi connectivity index (χ0) is 29.4. The van der Waals surface area contributed by atoms with Crippen LogP contribution in [0.4, 0.5) is 24.8 Å². The number of carbonyl (C=O) groups is 1. The molecule has 0 saturated heterocycles. The highest BCUT2D eigenvalue weighted by Crippen LogP contribution is 2.41. The molecule has 3 heterocycles. The Kier molecular flexibility index (Phi) is 8.18. The van der Waals surface area contributed by atoms with E-state index in [1.807, 2.05) is 31.2 Å². The summed E-state index contributed by atoms with van der Waals surface area (Å²) in [7, 11) is 0. The summed E-state index contributed by atoms with van der Waals surface area (Å²) in [6.45, 7) is 1.98. The van der Waals surface area contributed by atoms with E-state index in [1.165, 1.54) is 16.1 Å². The van der Waals surface area contributed by atoms with Gasteiger partial charge in [-0.2, -0.15) is 13.2 Å². The molecule has 1 aliphatic heterocycles. The van der Waals surface area contributed by atoms with Crippen molar-refractivity contribution in [2.75, 3.05) is 10.1 Å². The van der Waals surface area contributed by atoms with Crippen LogP contribution in [0.2, 0.25) is 0 Å². The lowest BCUT2D eigenvalue weighted by Crippen LogP contribution is -2.46. The largest absolute Gasteiger partial charge is 0.481 e. The Morgan fingerprint density at radius 2 is 1.98 bits per heavy atom. The lowest BCUT2D eigenvalue weighted by Gasteiger charge is -2.37. The van der Waals surface area contributed by atoms with Gasteiger partial charge in [-0.25, -0.2) is 9.97 Å². The Bertz CT molecular complexity index is 1560. The maximum Gasteiger partial charge on any atom is 0.416 e. The standard InChI is InChI=1S/C29H28F3N5O2S2/c1-2-17-11-23(36-25(12-17)37(40)24-14-21(7-9-34-24)29(30,31)32)20-15-35-27(41-16-20)28(33)8-3-4-19-10-18(13-26(38)39)5-6-22(19)28/h5-7,9-12,14-15,40H,2-4,8,13,16,33H2,1H3,(H,38,39). The molecule has 3 N–H and O–H groups in total. The molecule has 2 aliphatic rings. The van der Waals surface area contributed by atoms with Crippen molar-refractivity contribution < 1.29 is 23.1 Å². The van der Waals surface area contributed by atoms with Crippen molar-refractivity contribution in [1.82, 2.24) is 9.97 Å². The van der Waals surface area contributed by atoms with Crippen molar-refractivity contribution in [3.05, 3.63) is 88.4 Å². The molecule has 7 nitrogen and oxygen atoms in total. The molecule has 12 heteroatoms. The van der Waals surface area contributed by atoms with Crippen molar-refractivity contribution in [3.8, 4) is 0 Å². The van der Waals surface area contributed by atoms with Gasteiger partial charge in [0.05, 0.1) is 28.3 Å². The SMILES string of the molecule is CCc1cc(C2=CN=C(C3(N)CCCc4cc(CC(=O)O)ccc43)SC2)nc(N(S)c2cc(C(F)(F)F)ccn2)c1. The topological polar surface area (TPSA) is 105 Å². The van der Waals surface area contributed by atoms with Crippen molar-refractivity contribution in [2.45, 2.75) is 50.7 Å². The molecule has 41 heavy (non-hydrogen) atoms. The highest BCUT2D eigenvalue weighted by Gasteiger charge is 2.39. The second kappa shape index (κ2) is 11.5. The van der Waals surface area contributed by atoms with Gasteiger partial charge in [0.2, 0.25) is 0 Å². The Labute approximate surface area is 245 Å². The molecule has 3 aromatic rings. The molecule has 2 aromatic heterocycles. The number of benzene rings is 1. The zero-order valence-electron chi connectivity index (χ0n) is 22.1. The number of aryl methyl sites for hydroxylation is 2. The monoisotopic (exact) mass is 599 g/mol. The molecule has 1 atom stereocenters. The summed E-state index contributed by atoms with van der Waals surface area (Å²) in [4.78, 5) is 24.7. The molecular weight excluding hydrogens is 571 g/mol. The van der Waals surface area contributed by atoms with Crippen LogP contribution in [0.5, 0.6) is 0 Å². The third-order valence-electron chi connectivity index (χ3n) is 7.22. The van der Waals surface area contributed by atoms with Gasteiger partial charge in [-0.05, 0) is 72.2 Å². The van der Waals surface area contributed by atoms with Crippen molar-refractivity contribution >= 4 is 52.8 Å². The minimum absolute atomic E-state index is 0.00900. The molecule has 0 spiro atoms. The average molecular weight is 600 g/mol. The molecule has 0 amide bonds. The number of anilines is 2. The number of fused-ring (bicyclic) bond motifs is 1. The van der Waals surface area contributed by atoms with Crippen molar-refractivity contribution in [1.29, 1.82) is 0 Å². The predicted molar refractivity (Wildman–Crippen MR) is 158 cm³/mol. The molecule has 5 rings (SSSR count). The highest BCUT2D eigenvalue weighted by atomic mass is 32.2. The second-order valence-electron chi connectivity index (χ2n) is 10.0. The Morgan fingerprint density at radius 1 is 1.17 bits per heavy atom. The average Bonchev–Trinajstić information content (AvgIpc) is 2.96. The zero-order valence-corrected chi connectivity index (χ0v) is 23.9. The van der Waals surface area contributed by atoms with Gasteiger partial charge >= 0.3 is 12.1 Å². The first-order valence-corrected chi connectivity index (χ1v) is 14.4. The van der Waals surface area contributed by atoms with Crippen LogP contribution >= 0.6 is 24.6 Å². The maximum atomic E-state index is 13.3. The fraction of sp³-hybridized carbons (Fsp3) is 0.310. The minimum atomic E-state index is -4.50. The van der Waals surface area contributed by atoms with Crippen molar-refractivity contribution in [3.63, 3.8) is 0 Å². The van der Waals surface area contributed by atoms with E-state index in [0.717, 1.165) is 70.5 Å². The Balaban J connectivity index is 1.45. The normalized spacial score (nSPS) is 18.8. The van der Waals surface area contributed by atoms with Gasteiger partial charge in [-0.3, -0.25) is 14.1 Å². The number of carboxylic acid groups (broad SMARTS) is 1. The lowest BCUT2D eigenvalue weighted by atomic mass is 9.77. The molecule has 214 valence electrons. The highest BCUT2D eigenvalue weighted by molar-refractivity contribution is 8.14. The van der Waals surface area contributed by atoms with Gasteiger partial charge in [0, 0.05) is 23.7 Å². The molecule has 1 aliphatic carbocycles. The van der Waals surface area contributed by atoms with Gasteiger partial charge in [-0.1, -0.05) is 37.9 Å². The van der Waals surface area contributed by atoms with Crippen LogP contribution in [-0.4, -0.2) is 31.8 Å². The van der Waals surface area contributed by atoms with Crippen LogP contribution in [0, 0.1) is 0 Å². The van der Waals surface area contributed by atoms with Crippen LogP contribution in [0.15, 0.2) is 59.9 Å². The van der Waals surface area contributed by atoms with Gasteiger partial charge in [0.25, 0.3) is 0 Å². The summed E-state index contributed by atoms with van der Waals surface area (Å²) < 4.78 is 41.0. The number of hydrogen-bond donors (Lipinski definition) is 3. The molecule has 1 aromatic carbocycles. The first-order chi connectivity index (χ1) is 19.5. The molecule has 0 saturated carbocycles. The summed E-state index contributed by atoms with van der Waals surface area (Å²) in [6.07, 6.45) is 1.41. The van der Waals surface area contributed by atoms with Gasteiger partial charge < -0.3 is 10.8 Å². The number of nitrogens with two attached hydrogens (primary N) is 1. The quantitative estimate of drug-likeness (QED) is 0.272. The smallest absolute Gasteiger partial charge is 0.416 e. The second-order valence-corrected chi connectivity index (χ2v) is 11.4. The lowest BCUT2D eigenvalue weighted by molar-refractivity contribution is -0.138. The number of thiol groups is 1. The van der Waals surface area contributed by atoms with Crippen molar-refractivity contribution in [2.24, 2.45) is 10.7 Å². The first-order valence-electron chi connectivity index (χ1n) is 13.0. The fourth-order valence-electron chi connectivity index (χ4n) is 5.11.